The molecule has 2 aromatic heterocycles. The molecule has 2 heterocycles. The summed E-state index contributed by atoms with van der Waals surface area (Å²) in [5.41, 5.74) is 2.76. The number of fused-ring (bicyclic) bond motifs is 1. The van der Waals surface area contributed by atoms with Crippen LogP contribution in [0.3, 0.4) is 0 Å². The average molecular weight is 304 g/mol. The Hall–Kier alpha value is -1.95. The number of aryl methyl sites for hydroxylation is 3. The molecular weight excluding hydrogens is 280 g/mol. The third kappa shape index (κ3) is 3.27. The number of rotatable bonds is 5. The minimum absolute atomic E-state index is 0.114. The summed E-state index contributed by atoms with van der Waals surface area (Å²) >= 11 is 0. The van der Waals surface area contributed by atoms with Gasteiger partial charge in [-0.2, -0.15) is 5.10 Å². The van der Waals surface area contributed by atoms with Crippen LogP contribution in [0.15, 0.2) is 6.07 Å². The number of aliphatic hydroxyl groups is 1. The van der Waals surface area contributed by atoms with Crippen molar-refractivity contribution in [2.45, 2.75) is 34.1 Å². The lowest BCUT2D eigenvalue weighted by Crippen LogP contribution is -2.34. The molecule has 0 saturated heterocycles. The Bertz CT molecular complexity index is 704. The lowest BCUT2D eigenvalue weighted by atomic mass is 9.89. The van der Waals surface area contributed by atoms with Gasteiger partial charge in [-0.3, -0.25) is 9.48 Å². The van der Waals surface area contributed by atoms with Gasteiger partial charge in [0.2, 0.25) is 0 Å². The summed E-state index contributed by atoms with van der Waals surface area (Å²) in [7, 11) is 1.83. The van der Waals surface area contributed by atoms with Crippen LogP contribution in [0, 0.1) is 19.3 Å². The largest absolute Gasteiger partial charge is 0.396 e. The first-order valence-electron chi connectivity index (χ1n) is 7.45. The molecule has 0 bridgehead atoms. The van der Waals surface area contributed by atoms with E-state index in [9.17, 15) is 4.79 Å². The molecule has 0 saturated carbocycles. The first kappa shape index (κ1) is 16.4. The summed E-state index contributed by atoms with van der Waals surface area (Å²) in [6.45, 7) is 8.41. The van der Waals surface area contributed by atoms with Gasteiger partial charge in [0.15, 0.2) is 5.65 Å². The fourth-order valence-corrected chi connectivity index (χ4v) is 2.55. The molecule has 2 aromatic rings. The zero-order valence-electron chi connectivity index (χ0n) is 13.9. The van der Waals surface area contributed by atoms with Crippen molar-refractivity contribution >= 4 is 16.9 Å². The number of aromatic nitrogens is 3. The molecule has 2 N–H and O–H groups in total. The quantitative estimate of drug-likeness (QED) is 0.881. The van der Waals surface area contributed by atoms with Gasteiger partial charge < -0.3 is 10.4 Å². The van der Waals surface area contributed by atoms with Gasteiger partial charge in [-0.1, -0.05) is 13.8 Å². The predicted molar refractivity (Wildman–Crippen MR) is 85.8 cm³/mol. The minimum atomic E-state index is -0.143. The molecular formula is C16H24N4O2. The Kier molecular flexibility index (Phi) is 4.51. The van der Waals surface area contributed by atoms with E-state index in [2.05, 4.69) is 15.4 Å². The van der Waals surface area contributed by atoms with Gasteiger partial charge in [-0.25, -0.2) is 4.98 Å². The van der Waals surface area contributed by atoms with E-state index in [4.69, 9.17) is 5.11 Å². The molecule has 0 aliphatic rings. The van der Waals surface area contributed by atoms with Crippen LogP contribution in [0.1, 0.15) is 42.0 Å². The second-order valence-electron chi connectivity index (χ2n) is 6.54. The van der Waals surface area contributed by atoms with Crippen LogP contribution < -0.4 is 5.32 Å². The van der Waals surface area contributed by atoms with E-state index in [1.807, 2.05) is 34.7 Å². The maximum atomic E-state index is 12.6. The third-order valence-corrected chi connectivity index (χ3v) is 3.86. The monoisotopic (exact) mass is 304 g/mol. The van der Waals surface area contributed by atoms with Gasteiger partial charge >= 0.3 is 0 Å². The number of hydrogen-bond acceptors (Lipinski definition) is 4. The first-order valence-corrected chi connectivity index (χ1v) is 7.45. The normalized spacial score (nSPS) is 11.9. The summed E-state index contributed by atoms with van der Waals surface area (Å²) in [4.78, 5) is 17.0. The SMILES string of the molecule is Cc1cc(C(=O)NCC(C)(C)CCO)c2c(C)nn(C)c2n1. The highest BCUT2D eigenvalue weighted by atomic mass is 16.3. The van der Waals surface area contributed by atoms with Crippen molar-refractivity contribution in [3.63, 3.8) is 0 Å². The number of carbonyl (C=O) groups is 1. The van der Waals surface area contributed by atoms with Crippen LogP contribution in [-0.4, -0.2) is 38.9 Å². The second kappa shape index (κ2) is 6.04. The zero-order chi connectivity index (χ0) is 16.5. The molecule has 0 aromatic carbocycles. The molecule has 0 aliphatic heterocycles. The Labute approximate surface area is 130 Å². The van der Waals surface area contributed by atoms with Gasteiger partial charge in [-0.15, -0.1) is 0 Å². The van der Waals surface area contributed by atoms with Crippen molar-refractivity contribution < 1.29 is 9.90 Å². The number of nitrogens with one attached hydrogen (secondary N) is 1. The number of aliphatic hydroxyl groups excluding tert-OH is 1. The van der Waals surface area contributed by atoms with Gasteiger partial charge in [-0.05, 0) is 31.7 Å². The maximum Gasteiger partial charge on any atom is 0.252 e. The Morgan fingerprint density at radius 2 is 2.09 bits per heavy atom. The summed E-state index contributed by atoms with van der Waals surface area (Å²) < 4.78 is 1.70. The van der Waals surface area contributed by atoms with Gasteiger partial charge in [0.1, 0.15) is 0 Å². The van der Waals surface area contributed by atoms with Crippen molar-refractivity contribution in [1.82, 2.24) is 20.1 Å². The van der Waals surface area contributed by atoms with E-state index in [1.54, 1.807) is 10.7 Å². The highest BCUT2D eigenvalue weighted by Gasteiger charge is 2.21. The highest BCUT2D eigenvalue weighted by molar-refractivity contribution is 6.06. The highest BCUT2D eigenvalue weighted by Crippen LogP contribution is 2.22. The predicted octanol–water partition coefficient (Wildman–Crippen LogP) is 1.72. The fourth-order valence-electron chi connectivity index (χ4n) is 2.55. The molecule has 6 nitrogen and oxygen atoms in total. The lowest BCUT2D eigenvalue weighted by Gasteiger charge is -2.24. The number of nitrogens with zero attached hydrogens (tertiary/aromatic N) is 3. The fraction of sp³-hybridized carbons (Fsp3) is 0.562. The molecule has 1 amide bonds. The summed E-state index contributed by atoms with van der Waals surface area (Å²) in [6, 6.07) is 1.80. The lowest BCUT2D eigenvalue weighted by molar-refractivity contribution is 0.0929. The van der Waals surface area contributed by atoms with Crippen molar-refractivity contribution in [3.05, 3.63) is 23.0 Å². The Balaban J connectivity index is 2.32. The van der Waals surface area contributed by atoms with E-state index in [0.29, 0.717) is 18.5 Å². The Morgan fingerprint density at radius 1 is 1.41 bits per heavy atom. The number of hydrogen-bond donors (Lipinski definition) is 2. The molecule has 0 atom stereocenters. The van der Waals surface area contributed by atoms with Gasteiger partial charge in [0, 0.05) is 25.9 Å². The molecule has 2 rings (SSSR count). The molecule has 0 radical (unpaired) electrons. The Morgan fingerprint density at radius 3 is 2.73 bits per heavy atom. The molecule has 0 fully saturated rings. The molecule has 6 heteroatoms. The number of amides is 1. The van der Waals surface area contributed by atoms with Crippen molar-refractivity contribution in [2.75, 3.05) is 13.2 Å². The second-order valence-corrected chi connectivity index (χ2v) is 6.54. The summed E-state index contributed by atoms with van der Waals surface area (Å²) in [5.74, 6) is -0.127. The maximum absolute atomic E-state index is 12.6. The van der Waals surface area contributed by atoms with Gasteiger partial charge in [0.25, 0.3) is 5.91 Å². The van der Waals surface area contributed by atoms with E-state index < -0.39 is 0 Å². The van der Waals surface area contributed by atoms with Crippen molar-refractivity contribution in [2.24, 2.45) is 12.5 Å². The first-order chi connectivity index (χ1) is 10.2. The minimum Gasteiger partial charge on any atom is -0.396 e. The van der Waals surface area contributed by atoms with Gasteiger partial charge in [0.05, 0.1) is 16.6 Å². The van der Waals surface area contributed by atoms with Crippen LogP contribution in [0.5, 0.6) is 0 Å². The summed E-state index contributed by atoms with van der Waals surface area (Å²) in [6.07, 6.45) is 0.643. The molecule has 120 valence electrons. The van der Waals surface area contributed by atoms with E-state index in [1.165, 1.54) is 0 Å². The molecule has 22 heavy (non-hydrogen) atoms. The number of carbonyl (C=O) groups excluding carboxylic acids is 1. The standard InChI is InChI=1S/C16H24N4O2/c1-10-8-12(13-11(2)19-20(5)14(13)18-10)15(22)17-9-16(3,4)6-7-21/h8,21H,6-7,9H2,1-5H3,(H,17,22). The number of pyridine rings is 1. The van der Waals surface area contributed by atoms with E-state index in [-0.39, 0.29) is 17.9 Å². The molecule has 0 unspecified atom stereocenters. The smallest absolute Gasteiger partial charge is 0.252 e. The van der Waals surface area contributed by atoms with E-state index in [0.717, 1.165) is 22.4 Å². The third-order valence-electron chi connectivity index (χ3n) is 3.86. The molecule has 0 spiro atoms. The van der Waals surface area contributed by atoms with Crippen LogP contribution in [0.25, 0.3) is 11.0 Å². The average Bonchev–Trinajstić information content (AvgIpc) is 2.70. The van der Waals surface area contributed by atoms with Crippen molar-refractivity contribution in [1.29, 1.82) is 0 Å². The van der Waals surface area contributed by atoms with E-state index >= 15 is 0 Å². The summed E-state index contributed by atoms with van der Waals surface area (Å²) in [5, 5.41) is 17.2. The molecule has 0 aliphatic carbocycles. The van der Waals surface area contributed by atoms with Crippen molar-refractivity contribution in [3.8, 4) is 0 Å². The van der Waals surface area contributed by atoms with Crippen LogP contribution >= 0.6 is 0 Å². The van der Waals surface area contributed by atoms with Crippen LogP contribution in [-0.2, 0) is 7.05 Å². The van der Waals surface area contributed by atoms with Crippen LogP contribution in [0.4, 0.5) is 0 Å². The topological polar surface area (TPSA) is 80.0 Å². The van der Waals surface area contributed by atoms with Crippen LogP contribution in [0.2, 0.25) is 0 Å². The zero-order valence-corrected chi connectivity index (χ0v) is 13.9.